The van der Waals surface area contributed by atoms with Gasteiger partial charge in [-0.1, -0.05) is 13.0 Å². The Hall–Kier alpha value is -1.20. The third kappa shape index (κ3) is 2.36. The summed E-state index contributed by atoms with van der Waals surface area (Å²) in [6.07, 6.45) is 5.88. The lowest BCUT2D eigenvalue weighted by molar-refractivity contribution is -0.129. The van der Waals surface area contributed by atoms with Crippen molar-refractivity contribution >= 4 is 17.1 Å². The van der Waals surface area contributed by atoms with Crippen LogP contribution in [-0.4, -0.2) is 14.5 Å². The second kappa shape index (κ2) is 5.42. The number of rotatable bonds is 2. The highest BCUT2D eigenvalue weighted by molar-refractivity contribution is 7.74. The summed E-state index contributed by atoms with van der Waals surface area (Å²) < 4.78 is 26.2. The van der Waals surface area contributed by atoms with Gasteiger partial charge in [0.05, 0.1) is 0 Å². The van der Waals surface area contributed by atoms with Crippen LogP contribution in [0.5, 0.6) is 5.75 Å². The Kier molecular flexibility index (Phi) is 3.61. The average Bonchev–Trinajstić information content (AvgIpc) is 2.82. The van der Waals surface area contributed by atoms with E-state index in [1.165, 1.54) is 11.1 Å². The predicted molar refractivity (Wildman–Crippen MR) is 85.6 cm³/mol. The molecule has 0 heterocycles. The standard InChI is InChI=1S/C18H22O4S/c1-18-9-8-14-13-5-3-12(22-23(20)21)10-11(13)2-4-15(14)16(18)6-7-17(18)19/h3,5,10,14-16H,2,4,6-9H2,1H3,(H,20,21)/p-1/t14-,15-,16+,18+/m1/s1. The summed E-state index contributed by atoms with van der Waals surface area (Å²) in [6.45, 7) is 2.18. The minimum absolute atomic E-state index is 0.0961. The topological polar surface area (TPSA) is 66.4 Å². The van der Waals surface area contributed by atoms with E-state index in [2.05, 4.69) is 6.92 Å². The molecule has 0 radical (unpaired) electrons. The van der Waals surface area contributed by atoms with Crippen LogP contribution in [-0.2, 0) is 22.6 Å². The van der Waals surface area contributed by atoms with Crippen molar-refractivity contribution in [1.82, 2.24) is 0 Å². The summed E-state index contributed by atoms with van der Waals surface area (Å²) in [4.78, 5) is 12.3. The number of carbonyl (C=O) groups is 1. The first kappa shape index (κ1) is 15.3. The van der Waals surface area contributed by atoms with E-state index >= 15 is 0 Å². The van der Waals surface area contributed by atoms with E-state index in [0.717, 1.165) is 38.5 Å². The third-order valence-electron chi connectivity index (χ3n) is 6.57. The minimum atomic E-state index is -2.53. The molecule has 23 heavy (non-hydrogen) atoms. The SMILES string of the molecule is C[C@]12CC[C@@H]3c4ccc(OS(=O)[O-])cc4CC[C@H]3[C@@H]1CCC2=O. The molecule has 3 aliphatic rings. The smallest absolute Gasteiger partial charge is 0.139 e. The van der Waals surface area contributed by atoms with Crippen molar-refractivity contribution in [3.05, 3.63) is 29.3 Å². The van der Waals surface area contributed by atoms with Crippen LogP contribution in [0.1, 0.15) is 56.1 Å². The highest BCUT2D eigenvalue weighted by atomic mass is 32.2. The lowest BCUT2D eigenvalue weighted by Crippen LogP contribution is -2.42. The van der Waals surface area contributed by atoms with Crippen molar-refractivity contribution in [2.24, 2.45) is 17.3 Å². The Bertz CT molecular complexity index is 686. The van der Waals surface area contributed by atoms with E-state index in [0.29, 0.717) is 29.3 Å². The van der Waals surface area contributed by atoms with Crippen LogP contribution in [0.15, 0.2) is 18.2 Å². The normalized spacial score (nSPS) is 36.8. The van der Waals surface area contributed by atoms with Gasteiger partial charge in [0.2, 0.25) is 0 Å². The fourth-order valence-electron chi connectivity index (χ4n) is 5.46. The van der Waals surface area contributed by atoms with E-state index in [-0.39, 0.29) is 5.41 Å². The van der Waals surface area contributed by atoms with Gasteiger partial charge < -0.3 is 8.74 Å². The van der Waals surface area contributed by atoms with Gasteiger partial charge in [0.1, 0.15) is 22.9 Å². The second-order valence-electron chi connectivity index (χ2n) is 7.48. The van der Waals surface area contributed by atoms with Gasteiger partial charge in [-0.05, 0) is 73.1 Å². The van der Waals surface area contributed by atoms with Crippen molar-refractivity contribution in [2.75, 3.05) is 0 Å². The molecule has 0 aromatic heterocycles. The Morgan fingerprint density at radius 1 is 1.26 bits per heavy atom. The number of hydrogen-bond donors (Lipinski definition) is 0. The Morgan fingerprint density at radius 3 is 2.87 bits per heavy atom. The summed E-state index contributed by atoms with van der Waals surface area (Å²) >= 11 is -2.53. The van der Waals surface area contributed by atoms with Gasteiger partial charge in [-0.25, -0.2) is 4.21 Å². The van der Waals surface area contributed by atoms with Gasteiger partial charge in [0, 0.05) is 11.8 Å². The van der Waals surface area contributed by atoms with Gasteiger partial charge in [-0.3, -0.25) is 4.79 Å². The predicted octanol–water partition coefficient (Wildman–Crippen LogP) is 3.28. The summed E-state index contributed by atoms with van der Waals surface area (Å²) in [5.74, 6) is 2.48. The molecular weight excluding hydrogens is 312 g/mol. The van der Waals surface area contributed by atoms with E-state index in [4.69, 9.17) is 4.18 Å². The van der Waals surface area contributed by atoms with Gasteiger partial charge in [0.25, 0.3) is 0 Å². The molecule has 3 aliphatic carbocycles. The summed E-state index contributed by atoms with van der Waals surface area (Å²) in [7, 11) is 0. The Balaban J connectivity index is 1.65. The van der Waals surface area contributed by atoms with Gasteiger partial charge >= 0.3 is 0 Å². The number of Topliss-reactive ketones (excluding diaryl/α,β-unsaturated/α-hetero) is 1. The van der Waals surface area contributed by atoms with Gasteiger partial charge in [-0.15, -0.1) is 0 Å². The zero-order valence-corrected chi connectivity index (χ0v) is 14.1. The van der Waals surface area contributed by atoms with Crippen molar-refractivity contribution in [2.45, 2.75) is 51.4 Å². The van der Waals surface area contributed by atoms with E-state index in [1.807, 2.05) is 12.1 Å². The fourth-order valence-corrected chi connectivity index (χ4v) is 5.72. The first-order valence-corrected chi connectivity index (χ1v) is 9.43. The van der Waals surface area contributed by atoms with E-state index in [1.54, 1.807) is 6.07 Å². The summed E-state index contributed by atoms with van der Waals surface area (Å²) in [6, 6.07) is 5.66. The lowest BCUT2D eigenvalue weighted by atomic mass is 9.55. The largest absolute Gasteiger partial charge is 0.740 e. The minimum Gasteiger partial charge on any atom is -0.740 e. The fraction of sp³-hybridized carbons (Fsp3) is 0.611. The van der Waals surface area contributed by atoms with Crippen LogP contribution in [0, 0.1) is 17.3 Å². The maximum atomic E-state index is 12.3. The quantitative estimate of drug-likeness (QED) is 0.779. The summed E-state index contributed by atoms with van der Waals surface area (Å²) in [5.41, 5.74) is 2.45. The van der Waals surface area contributed by atoms with Crippen molar-refractivity contribution in [1.29, 1.82) is 0 Å². The first-order chi connectivity index (χ1) is 11.0. The monoisotopic (exact) mass is 333 g/mol. The van der Waals surface area contributed by atoms with Crippen LogP contribution in [0.25, 0.3) is 0 Å². The molecule has 0 aliphatic heterocycles. The molecule has 2 saturated carbocycles. The van der Waals surface area contributed by atoms with Crippen LogP contribution < -0.4 is 4.18 Å². The number of aryl methyl sites for hydroxylation is 1. The van der Waals surface area contributed by atoms with Crippen LogP contribution in [0.4, 0.5) is 0 Å². The first-order valence-electron chi connectivity index (χ1n) is 8.43. The zero-order valence-electron chi connectivity index (χ0n) is 13.2. The van der Waals surface area contributed by atoms with Crippen molar-refractivity contribution < 1.29 is 17.7 Å². The molecule has 0 spiro atoms. The molecule has 0 amide bonds. The van der Waals surface area contributed by atoms with Gasteiger partial charge in [0.15, 0.2) is 0 Å². The molecule has 2 fully saturated rings. The average molecular weight is 333 g/mol. The van der Waals surface area contributed by atoms with Crippen LogP contribution >= 0.6 is 0 Å². The molecule has 0 saturated heterocycles. The number of ketones is 1. The molecule has 1 aromatic carbocycles. The summed E-state index contributed by atoms with van der Waals surface area (Å²) in [5, 5.41) is 0. The maximum absolute atomic E-state index is 12.3. The molecule has 0 bridgehead atoms. The number of hydrogen-bond acceptors (Lipinski definition) is 4. The highest BCUT2D eigenvalue weighted by Gasteiger charge is 2.54. The highest BCUT2D eigenvalue weighted by Crippen LogP contribution is 2.59. The Labute approximate surface area is 139 Å². The Morgan fingerprint density at radius 2 is 2.09 bits per heavy atom. The van der Waals surface area contributed by atoms with Gasteiger partial charge in [-0.2, -0.15) is 0 Å². The molecular formula is C18H21O4S-. The van der Waals surface area contributed by atoms with Crippen LogP contribution in [0.2, 0.25) is 0 Å². The van der Waals surface area contributed by atoms with Crippen LogP contribution in [0.3, 0.4) is 0 Å². The van der Waals surface area contributed by atoms with E-state index < -0.39 is 11.4 Å². The molecule has 1 unspecified atom stereocenters. The second-order valence-corrected chi connectivity index (χ2v) is 8.06. The van der Waals surface area contributed by atoms with Crippen molar-refractivity contribution in [3.8, 4) is 5.75 Å². The molecule has 5 atom stereocenters. The molecule has 4 rings (SSSR count). The lowest BCUT2D eigenvalue weighted by Gasteiger charge is -2.48. The maximum Gasteiger partial charge on any atom is 0.139 e. The molecule has 5 heteroatoms. The van der Waals surface area contributed by atoms with E-state index in [9.17, 15) is 13.6 Å². The third-order valence-corrected chi connectivity index (χ3v) is 6.90. The molecule has 0 N–H and O–H groups in total. The number of carbonyl (C=O) groups excluding carboxylic acids is 1. The number of fused-ring (bicyclic) bond motifs is 5. The zero-order chi connectivity index (χ0) is 16.2. The molecule has 1 aromatic rings. The number of benzene rings is 1. The molecule has 4 nitrogen and oxygen atoms in total. The van der Waals surface area contributed by atoms with Crippen molar-refractivity contribution in [3.63, 3.8) is 0 Å². The molecule has 124 valence electrons.